The number of aromatic nitrogens is 5. The zero-order valence-electron chi connectivity index (χ0n) is 13.9. The number of nitrogens with one attached hydrogen (secondary N) is 1. The van der Waals surface area contributed by atoms with Crippen LogP contribution in [0.25, 0.3) is 21.9 Å². The Kier molecular flexibility index (Phi) is 4.30. The molecule has 0 spiro atoms. The molecule has 0 aliphatic carbocycles. The number of ether oxygens (including phenoxy) is 1. The van der Waals surface area contributed by atoms with Crippen molar-refractivity contribution in [2.45, 2.75) is 19.4 Å². The zero-order valence-corrected chi connectivity index (χ0v) is 13.9. The summed E-state index contributed by atoms with van der Waals surface area (Å²) < 4.78 is 7.86. The molecule has 0 aliphatic heterocycles. The molecule has 4 rings (SSSR count). The van der Waals surface area contributed by atoms with Crippen LogP contribution in [0.15, 0.2) is 43.0 Å². The van der Waals surface area contributed by atoms with Crippen LogP contribution in [0.3, 0.4) is 0 Å². The summed E-state index contributed by atoms with van der Waals surface area (Å²) in [7, 11) is 0. The van der Waals surface area contributed by atoms with E-state index in [-0.39, 0.29) is 0 Å². The summed E-state index contributed by atoms with van der Waals surface area (Å²) in [5.41, 5.74) is 9.91. The lowest BCUT2D eigenvalue weighted by Crippen LogP contribution is -2.07. The molecule has 3 aromatic heterocycles. The number of hydrogen-bond donors (Lipinski definition) is 2. The minimum absolute atomic E-state index is 0.466. The molecule has 0 saturated heterocycles. The van der Waals surface area contributed by atoms with E-state index in [0.717, 1.165) is 47.9 Å². The number of H-pyrrole nitrogens is 1. The maximum Gasteiger partial charge on any atom is 0.152 e. The summed E-state index contributed by atoms with van der Waals surface area (Å²) in [5.74, 6) is 0.466. The van der Waals surface area contributed by atoms with Gasteiger partial charge in [0.25, 0.3) is 0 Å². The van der Waals surface area contributed by atoms with E-state index in [1.165, 1.54) is 5.56 Å². The van der Waals surface area contributed by atoms with E-state index < -0.39 is 0 Å². The predicted molar refractivity (Wildman–Crippen MR) is 97.2 cm³/mol. The van der Waals surface area contributed by atoms with Gasteiger partial charge in [0.05, 0.1) is 30.2 Å². The number of nitrogens with zero attached hydrogens (tertiary/aromatic N) is 4. The Labute approximate surface area is 144 Å². The molecular weight excluding hydrogens is 316 g/mol. The van der Waals surface area contributed by atoms with Crippen molar-refractivity contribution in [3.63, 3.8) is 0 Å². The summed E-state index contributed by atoms with van der Waals surface area (Å²) in [4.78, 5) is 8.85. The number of pyridine rings is 1. The van der Waals surface area contributed by atoms with Crippen LogP contribution >= 0.6 is 0 Å². The summed E-state index contributed by atoms with van der Waals surface area (Å²) in [5, 5.41) is 7.82. The number of para-hydroxylation sites is 1. The number of aromatic amines is 1. The Balaban J connectivity index is 1.41. The molecular formula is C18H20N6O. The third-order valence-electron chi connectivity index (χ3n) is 4.27. The molecule has 3 N–H and O–H groups in total. The molecule has 25 heavy (non-hydrogen) atoms. The molecule has 7 nitrogen and oxygen atoms in total. The lowest BCUT2D eigenvalue weighted by atomic mass is 10.2. The van der Waals surface area contributed by atoms with Gasteiger partial charge in [-0.25, -0.2) is 9.97 Å². The van der Waals surface area contributed by atoms with Gasteiger partial charge in [0, 0.05) is 24.7 Å². The first-order chi connectivity index (χ1) is 12.3. The van der Waals surface area contributed by atoms with Gasteiger partial charge >= 0.3 is 0 Å². The van der Waals surface area contributed by atoms with Crippen molar-refractivity contribution in [2.75, 3.05) is 18.9 Å². The number of hydrogen-bond acceptors (Lipinski definition) is 5. The van der Waals surface area contributed by atoms with Crippen LogP contribution in [0, 0.1) is 0 Å². The van der Waals surface area contributed by atoms with Crippen LogP contribution in [0.5, 0.6) is 0 Å². The lowest BCUT2D eigenvalue weighted by Gasteiger charge is -2.08. The number of benzene rings is 1. The highest BCUT2D eigenvalue weighted by molar-refractivity contribution is 6.06. The van der Waals surface area contributed by atoms with Crippen molar-refractivity contribution in [1.82, 2.24) is 24.7 Å². The van der Waals surface area contributed by atoms with E-state index in [9.17, 15) is 0 Å². The molecule has 0 atom stereocenters. The van der Waals surface area contributed by atoms with Gasteiger partial charge in [-0.2, -0.15) is 5.10 Å². The van der Waals surface area contributed by atoms with Gasteiger partial charge in [-0.3, -0.25) is 5.10 Å². The third-order valence-corrected chi connectivity index (χ3v) is 4.27. The van der Waals surface area contributed by atoms with Crippen LogP contribution in [0.1, 0.15) is 12.0 Å². The number of fused-ring (bicyclic) bond motifs is 3. The first-order valence-electron chi connectivity index (χ1n) is 8.37. The number of nitrogen functional groups attached to an aromatic ring is 1. The van der Waals surface area contributed by atoms with Gasteiger partial charge in [-0.1, -0.05) is 18.2 Å². The maximum absolute atomic E-state index is 6.05. The SMILES string of the molecule is Nc1nc2ccccc2c2c1ncn2CCOCCCc1cn[nH]c1. The fraction of sp³-hybridized carbons (Fsp3) is 0.278. The van der Waals surface area contributed by atoms with E-state index in [0.29, 0.717) is 12.4 Å². The van der Waals surface area contributed by atoms with Crippen molar-refractivity contribution in [3.8, 4) is 0 Å². The molecule has 4 aromatic rings. The Morgan fingerprint density at radius 2 is 2.12 bits per heavy atom. The highest BCUT2D eigenvalue weighted by Crippen LogP contribution is 2.26. The van der Waals surface area contributed by atoms with Crippen molar-refractivity contribution >= 4 is 27.8 Å². The summed E-state index contributed by atoms with van der Waals surface area (Å²) in [6, 6.07) is 7.98. The van der Waals surface area contributed by atoms with E-state index in [1.807, 2.05) is 43.0 Å². The Morgan fingerprint density at radius 1 is 1.20 bits per heavy atom. The summed E-state index contributed by atoms with van der Waals surface area (Å²) >= 11 is 0. The number of nitrogens with two attached hydrogens (primary N) is 1. The molecule has 0 fully saturated rings. The fourth-order valence-electron chi connectivity index (χ4n) is 3.03. The first-order valence-corrected chi connectivity index (χ1v) is 8.37. The molecule has 3 heterocycles. The molecule has 0 amide bonds. The topological polar surface area (TPSA) is 94.6 Å². The Bertz CT molecular complexity index is 976. The van der Waals surface area contributed by atoms with Gasteiger partial charge in [0.1, 0.15) is 5.52 Å². The zero-order chi connectivity index (χ0) is 17.1. The third kappa shape index (κ3) is 3.18. The van der Waals surface area contributed by atoms with E-state index in [2.05, 4.69) is 24.7 Å². The van der Waals surface area contributed by atoms with Gasteiger partial charge in [0.2, 0.25) is 0 Å². The molecule has 0 aliphatic rings. The minimum atomic E-state index is 0.466. The molecule has 7 heteroatoms. The Morgan fingerprint density at radius 3 is 3.00 bits per heavy atom. The second-order valence-electron chi connectivity index (χ2n) is 5.97. The van der Waals surface area contributed by atoms with Gasteiger partial charge < -0.3 is 15.0 Å². The average molecular weight is 336 g/mol. The van der Waals surface area contributed by atoms with Crippen LogP contribution in [0.4, 0.5) is 5.82 Å². The van der Waals surface area contributed by atoms with Crippen molar-refractivity contribution < 1.29 is 4.74 Å². The van der Waals surface area contributed by atoms with Gasteiger partial charge in [-0.15, -0.1) is 0 Å². The van der Waals surface area contributed by atoms with E-state index in [4.69, 9.17) is 10.5 Å². The van der Waals surface area contributed by atoms with Crippen LogP contribution in [-0.4, -0.2) is 37.9 Å². The second kappa shape index (κ2) is 6.90. The summed E-state index contributed by atoms with van der Waals surface area (Å²) in [6.45, 7) is 2.09. The number of imidazole rings is 1. The molecule has 0 saturated carbocycles. The maximum atomic E-state index is 6.05. The van der Waals surface area contributed by atoms with Crippen molar-refractivity contribution in [1.29, 1.82) is 0 Å². The van der Waals surface area contributed by atoms with Crippen LogP contribution in [0.2, 0.25) is 0 Å². The molecule has 0 bridgehead atoms. The predicted octanol–water partition coefficient (Wildman–Crippen LogP) is 2.54. The molecule has 0 unspecified atom stereocenters. The smallest absolute Gasteiger partial charge is 0.152 e. The standard InChI is InChI=1S/C18H20N6O/c19-18-16-17(14-5-1-2-6-15(14)23-18)24(12-20-16)7-9-25-8-3-4-13-10-21-22-11-13/h1-2,5-6,10-12H,3-4,7-9H2,(H2,19,23)(H,21,22). The van der Waals surface area contributed by atoms with Gasteiger partial charge in [0.15, 0.2) is 5.82 Å². The van der Waals surface area contributed by atoms with Gasteiger partial charge in [-0.05, 0) is 24.5 Å². The fourth-order valence-corrected chi connectivity index (χ4v) is 3.03. The van der Waals surface area contributed by atoms with E-state index >= 15 is 0 Å². The molecule has 0 radical (unpaired) electrons. The minimum Gasteiger partial charge on any atom is -0.382 e. The summed E-state index contributed by atoms with van der Waals surface area (Å²) in [6.07, 6.45) is 7.52. The largest absolute Gasteiger partial charge is 0.382 e. The quantitative estimate of drug-likeness (QED) is 0.506. The lowest BCUT2D eigenvalue weighted by molar-refractivity contribution is 0.125. The van der Waals surface area contributed by atoms with Crippen molar-refractivity contribution in [2.24, 2.45) is 0 Å². The number of aryl methyl sites for hydroxylation is 1. The molecule has 128 valence electrons. The van der Waals surface area contributed by atoms with Crippen molar-refractivity contribution in [3.05, 3.63) is 48.5 Å². The normalized spacial score (nSPS) is 11.5. The molecule has 1 aromatic carbocycles. The number of anilines is 1. The first kappa shape index (κ1) is 15.6. The highest BCUT2D eigenvalue weighted by Gasteiger charge is 2.11. The van der Waals surface area contributed by atoms with Crippen LogP contribution < -0.4 is 5.73 Å². The average Bonchev–Trinajstić information content (AvgIpc) is 3.28. The Hall–Kier alpha value is -2.93. The highest BCUT2D eigenvalue weighted by atomic mass is 16.5. The second-order valence-corrected chi connectivity index (χ2v) is 5.97. The van der Waals surface area contributed by atoms with Crippen LogP contribution in [-0.2, 0) is 17.7 Å². The monoisotopic (exact) mass is 336 g/mol. The van der Waals surface area contributed by atoms with E-state index in [1.54, 1.807) is 0 Å². The number of rotatable bonds is 7.